The fourth-order valence-electron chi connectivity index (χ4n) is 11.1. The first-order valence-corrected chi connectivity index (χ1v) is 29.4. The van der Waals surface area contributed by atoms with Crippen LogP contribution in [-0.2, 0) is 38.3 Å². The summed E-state index contributed by atoms with van der Waals surface area (Å²) in [5.41, 5.74) is 11.6. The Hall–Kier alpha value is -6.25. The third kappa shape index (κ3) is 11.8. The second-order valence-electron chi connectivity index (χ2n) is 29.3. The van der Waals surface area contributed by atoms with E-state index in [-0.39, 0.29) is 32.1 Å². The van der Waals surface area contributed by atoms with Crippen molar-refractivity contribution in [2.45, 2.75) is 157 Å². The van der Waals surface area contributed by atoms with E-state index >= 15 is 0 Å². The molecule has 2 saturated heterocycles. The Morgan fingerprint density at radius 1 is 0.446 bits per heavy atom. The number of hydrogen-bond donors (Lipinski definition) is 0. The minimum Gasteiger partial charge on any atom is -0.456 e. The highest BCUT2D eigenvalue weighted by Crippen LogP contribution is 2.47. The van der Waals surface area contributed by atoms with Crippen LogP contribution in [0.25, 0.3) is 38.8 Å². The van der Waals surface area contributed by atoms with Crippen LogP contribution in [0.1, 0.15) is 136 Å². The summed E-state index contributed by atoms with van der Waals surface area (Å²) >= 11 is 0. The lowest BCUT2D eigenvalue weighted by molar-refractivity contribution is 0.250. The van der Waals surface area contributed by atoms with Crippen molar-refractivity contribution in [2.24, 2.45) is 0 Å². The van der Waals surface area contributed by atoms with Crippen molar-refractivity contribution in [1.82, 2.24) is 14.5 Å². The Morgan fingerprint density at radius 2 is 0.988 bits per heavy atom. The number of fused-ring (bicyclic) bond motifs is 4. The van der Waals surface area contributed by atoms with E-state index in [4.69, 9.17) is 42.1 Å². The van der Waals surface area contributed by atoms with Gasteiger partial charge >= 0.3 is 42.7 Å². The molecular weight excluding hydrogens is 1030 g/mol. The predicted molar refractivity (Wildman–Crippen MR) is 347 cm³/mol. The molecule has 3 aromatic heterocycles. The molecule has 0 N–H and O–H groups in total. The van der Waals surface area contributed by atoms with E-state index in [2.05, 4.69) is 254 Å². The number of rotatable bonds is 8. The molecule has 0 aliphatic carbocycles. The summed E-state index contributed by atoms with van der Waals surface area (Å²) in [5, 5.41) is 0.699. The molecule has 0 amide bonds. The summed E-state index contributed by atoms with van der Waals surface area (Å²) in [6, 6.07) is 42.9. The lowest BCUT2D eigenvalue weighted by atomic mass is 9.49. The van der Waals surface area contributed by atoms with Crippen molar-refractivity contribution in [3.05, 3.63) is 151 Å². The Kier molecular flexibility index (Phi) is 15.1. The molecule has 5 aromatic carbocycles. The van der Waals surface area contributed by atoms with Crippen LogP contribution in [-0.4, -0.2) is 63.9 Å². The van der Waals surface area contributed by atoms with Crippen LogP contribution >= 0.6 is 0 Å². The highest BCUT2D eigenvalue weighted by atomic mass is 16.7. The lowest BCUT2D eigenvalue weighted by Gasteiger charge is -2.43. The van der Waals surface area contributed by atoms with Crippen LogP contribution < -0.4 is 25.5 Å². The standard InChI is InChI=1S/C65H79B6N5O7/c1-60(2,3)45-32-33-73-58(37-45)76-54-31-28-44(43-24-20-19-21-25-43)34-51(54)50-30-29-48(39-57(50)76)77-49-38-47(40-72-41-49)74-42-75(56-27-23-22-26-55(56)74)59-52(66-78-68(62(7,8)9)82-69(79-66)63(10,11)12)35-46(61(4,5)6)36-53(59)67-80-70(64(13,14)15)83-71(81-67)65(16,17)18/h19-41H,42H2,1-18H3. The van der Waals surface area contributed by atoms with Crippen molar-refractivity contribution >= 4 is 98.2 Å². The monoisotopic (exact) mass is 1110 g/mol. The molecule has 11 rings (SSSR count). The van der Waals surface area contributed by atoms with E-state index in [9.17, 15) is 0 Å². The van der Waals surface area contributed by atoms with Crippen molar-refractivity contribution in [3.8, 4) is 28.4 Å². The van der Waals surface area contributed by atoms with Crippen LogP contribution in [0, 0.1) is 0 Å². The molecule has 0 saturated carbocycles. The Morgan fingerprint density at radius 3 is 1.53 bits per heavy atom. The maximum Gasteiger partial charge on any atom is 0.468 e. The lowest BCUT2D eigenvalue weighted by Crippen LogP contribution is -2.62. The van der Waals surface area contributed by atoms with E-state index in [1.165, 1.54) is 5.56 Å². The van der Waals surface area contributed by atoms with Gasteiger partial charge in [0.1, 0.15) is 24.0 Å². The van der Waals surface area contributed by atoms with Crippen molar-refractivity contribution in [2.75, 3.05) is 16.5 Å². The average molecular weight is 1110 g/mol. The molecule has 0 atom stereocenters. The zero-order chi connectivity index (χ0) is 59.3. The SMILES string of the molecule is CC(C)(C)B1OB(c2cc(C(C)(C)C)cc(B3OB(C(C)(C)C)OB(C(C)(C)C)O3)c2N2CN(c3cncc(Oc4ccc5c6cc(-c7ccccc7)ccc6n(-c6cc(C(C)(C)C)ccn6)c5c4)c3)c3ccccc32)OB(C(C)(C)C)O1. The number of hydrogen-bond acceptors (Lipinski definition) is 11. The van der Waals surface area contributed by atoms with Gasteiger partial charge in [0.25, 0.3) is 0 Å². The number of nitrogens with zero attached hydrogens (tertiary/aromatic N) is 5. The van der Waals surface area contributed by atoms with Crippen molar-refractivity contribution in [3.63, 3.8) is 0 Å². The van der Waals surface area contributed by atoms with E-state index < -0.39 is 42.7 Å². The number of benzene rings is 5. The van der Waals surface area contributed by atoms with Crippen LogP contribution in [0.15, 0.2) is 140 Å². The third-order valence-electron chi connectivity index (χ3n) is 15.8. The molecule has 6 heterocycles. The number of aromatic nitrogens is 3. The molecule has 0 radical (unpaired) electrons. The molecule has 3 aliphatic heterocycles. The van der Waals surface area contributed by atoms with E-state index in [0.717, 1.165) is 78.0 Å². The van der Waals surface area contributed by atoms with Gasteiger partial charge in [-0.3, -0.25) is 9.55 Å². The first-order chi connectivity index (χ1) is 38.9. The largest absolute Gasteiger partial charge is 0.468 e. The molecule has 424 valence electrons. The molecule has 2 fully saturated rings. The van der Waals surface area contributed by atoms with Gasteiger partial charge in [0.2, 0.25) is 0 Å². The molecule has 83 heavy (non-hydrogen) atoms. The van der Waals surface area contributed by atoms with Gasteiger partial charge in [-0.25, -0.2) is 4.98 Å². The summed E-state index contributed by atoms with van der Waals surface area (Å²) < 4.78 is 50.9. The van der Waals surface area contributed by atoms with E-state index in [1.807, 2.05) is 18.5 Å². The topological polar surface area (TPSA) is 102 Å². The zero-order valence-corrected chi connectivity index (χ0v) is 52.0. The van der Waals surface area contributed by atoms with Gasteiger partial charge < -0.3 is 42.0 Å². The summed E-state index contributed by atoms with van der Waals surface area (Å²) in [5.74, 6) is 2.11. The fourth-order valence-corrected chi connectivity index (χ4v) is 11.1. The zero-order valence-electron chi connectivity index (χ0n) is 52.0. The fraction of sp³-hybridized carbons (Fsp3) is 0.385. The van der Waals surface area contributed by atoms with Gasteiger partial charge in [-0.05, 0) is 103 Å². The van der Waals surface area contributed by atoms with Crippen LogP contribution in [0.5, 0.6) is 11.5 Å². The van der Waals surface area contributed by atoms with Crippen molar-refractivity contribution in [1.29, 1.82) is 0 Å². The highest BCUT2D eigenvalue weighted by Gasteiger charge is 2.55. The summed E-state index contributed by atoms with van der Waals surface area (Å²) in [7, 11) is -4.04. The molecule has 18 heteroatoms. The maximum absolute atomic E-state index is 7.09. The third-order valence-corrected chi connectivity index (χ3v) is 15.8. The first kappa shape index (κ1) is 58.5. The molecule has 8 aromatic rings. The highest BCUT2D eigenvalue weighted by molar-refractivity contribution is 6.84. The quantitative estimate of drug-likeness (QED) is 0.136. The van der Waals surface area contributed by atoms with Gasteiger partial charge in [0, 0.05) is 45.7 Å². The molecular formula is C65H79B6N5O7. The van der Waals surface area contributed by atoms with Crippen molar-refractivity contribution < 1.29 is 32.2 Å². The Balaban J connectivity index is 1.03. The first-order valence-electron chi connectivity index (χ1n) is 29.4. The minimum atomic E-state index is -0.843. The second kappa shape index (κ2) is 21.4. The average Bonchev–Trinajstić information content (AvgIpc) is 2.20. The van der Waals surface area contributed by atoms with Crippen LogP contribution in [0.4, 0.5) is 22.7 Å². The molecule has 0 spiro atoms. The number of pyridine rings is 2. The minimum absolute atomic E-state index is 0.0736. The van der Waals surface area contributed by atoms with Gasteiger partial charge in [-0.15, -0.1) is 0 Å². The normalized spacial score (nSPS) is 16.0. The van der Waals surface area contributed by atoms with Crippen LogP contribution in [0.2, 0.25) is 21.3 Å². The van der Waals surface area contributed by atoms with Gasteiger partial charge in [-0.2, -0.15) is 0 Å². The second-order valence-corrected chi connectivity index (χ2v) is 29.3. The summed E-state index contributed by atoms with van der Waals surface area (Å²) in [4.78, 5) is 14.5. The summed E-state index contributed by atoms with van der Waals surface area (Å²) in [6.07, 6.45) is 5.59. The number of anilines is 4. The molecule has 3 aliphatic rings. The predicted octanol–water partition coefficient (Wildman–Crippen LogP) is 15.5. The van der Waals surface area contributed by atoms with Gasteiger partial charge in [-0.1, -0.05) is 185 Å². The molecule has 12 nitrogen and oxygen atoms in total. The Bertz CT molecular complexity index is 3600. The maximum atomic E-state index is 7.09. The molecule has 0 unspecified atom stereocenters. The van der Waals surface area contributed by atoms with E-state index in [0.29, 0.717) is 18.2 Å². The smallest absolute Gasteiger partial charge is 0.456 e. The number of ether oxygens (including phenoxy) is 1. The summed E-state index contributed by atoms with van der Waals surface area (Å²) in [6.45, 7) is 39.5. The van der Waals surface area contributed by atoms with E-state index in [1.54, 1.807) is 6.20 Å². The van der Waals surface area contributed by atoms with Crippen LogP contribution in [0.3, 0.4) is 0 Å². The van der Waals surface area contributed by atoms with Gasteiger partial charge in [0.05, 0.1) is 40.5 Å². The number of para-hydroxylation sites is 2. The molecule has 0 bridgehead atoms. The Labute approximate surface area is 495 Å². The van der Waals surface area contributed by atoms with Gasteiger partial charge in [0.15, 0.2) is 0 Å².